The highest BCUT2D eigenvalue weighted by Gasteiger charge is 2.55. The number of carbonyl (C=O) groups is 2. The van der Waals surface area contributed by atoms with E-state index in [0.717, 1.165) is 22.0 Å². The van der Waals surface area contributed by atoms with Gasteiger partial charge in [0.25, 0.3) is 16.1 Å². The fraction of sp³-hybridized carbons (Fsp3) is 0.333. The van der Waals surface area contributed by atoms with E-state index in [-0.39, 0.29) is 35.3 Å². The van der Waals surface area contributed by atoms with Gasteiger partial charge in [-0.1, -0.05) is 49.7 Å². The fourth-order valence-electron chi connectivity index (χ4n) is 3.82. The first-order valence-corrected chi connectivity index (χ1v) is 11.7. The summed E-state index contributed by atoms with van der Waals surface area (Å²) < 4.78 is 38.9. The molecule has 2 aromatic carbocycles. The molecule has 0 saturated carbocycles. The van der Waals surface area contributed by atoms with Crippen molar-refractivity contribution >= 4 is 39.3 Å². The van der Waals surface area contributed by atoms with Crippen molar-refractivity contribution in [1.82, 2.24) is 9.62 Å². The molecular weight excluding hydrogens is 459 g/mol. The summed E-state index contributed by atoms with van der Waals surface area (Å²) in [5.41, 5.74) is 0.131. The zero-order chi connectivity index (χ0) is 23.8. The minimum atomic E-state index is -4.01. The van der Waals surface area contributed by atoms with Crippen molar-refractivity contribution in [2.45, 2.75) is 25.2 Å². The van der Waals surface area contributed by atoms with Gasteiger partial charge in [-0.05, 0) is 29.2 Å². The molecule has 0 spiro atoms. The minimum absolute atomic E-state index is 0.0258. The molecule has 32 heavy (non-hydrogen) atoms. The number of carbonyl (C=O) groups excluding carboxylic acids is 2. The number of hydrogen-bond donors (Lipinski definition) is 3. The number of nitrogens with two attached hydrogens (primary N) is 1. The summed E-state index contributed by atoms with van der Waals surface area (Å²) in [6, 6.07) is 9.30. The van der Waals surface area contributed by atoms with E-state index >= 15 is 0 Å². The van der Waals surface area contributed by atoms with Crippen LogP contribution in [0.5, 0.6) is 0 Å². The Morgan fingerprint density at radius 1 is 1.22 bits per heavy atom. The summed E-state index contributed by atoms with van der Waals surface area (Å²) in [5.74, 6) is -1.92. The third kappa shape index (κ3) is 4.36. The second-order valence-electron chi connectivity index (χ2n) is 7.98. The summed E-state index contributed by atoms with van der Waals surface area (Å²) >= 11 is 5.82. The van der Waals surface area contributed by atoms with Gasteiger partial charge in [0, 0.05) is 20.1 Å². The Morgan fingerprint density at radius 3 is 2.41 bits per heavy atom. The molecule has 3 rings (SSSR count). The van der Waals surface area contributed by atoms with Gasteiger partial charge in [-0.25, -0.2) is 9.53 Å². The molecule has 1 fully saturated rings. The average Bonchev–Trinajstić information content (AvgIpc) is 2.68. The van der Waals surface area contributed by atoms with Gasteiger partial charge in [-0.2, -0.15) is 12.7 Å². The highest BCUT2D eigenvalue weighted by molar-refractivity contribution is 7.86. The molecule has 0 aromatic heterocycles. The number of benzene rings is 2. The molecule has 2 aromatic rings. The predicted octanol–water partition coefficient (Wildman–Crippen LogP) is 2.36. The lowest BCUT2D eigenvalue weighted by atomic mass is 9.71. The van der Waals surface area contributed by atoms with Gasteiger partial charge in [-0.3, -0.25) is 9.59 Å². The minimum Gasteiger partial charge on any atom is -0.355 e. The summed E-state index contributed by atoms with van der Waals surface area (Å²) in [6.45, 7) is 3.54. The number of nitrogens with one attached hydrogen (secondary N) is 2. The lowest BCUT2D eigenvalue weighted by Crippen LogP contribution is -2.67. The lowest BCUT2D eigenvalue weighted by Gasteiger charge is -2.48. The van der Waals surface area contributed by atoms with Crippen LogP contribution in [0.15, 0.2) is 36.4 Å². The van der Waals surface area contributed by atoms with E-state index in [0.29, 0.717) is 5.56 Å². The van der Waals surface area contributed by atoms with Gasteiger partial charge in [0.1, 0.15) is 11.2 Å². The molecule has 1 saturated heterocycles. The van der Waals surface area contributed by atoms with Crippen LogP contribution >= 0.6 is 11.6 Å². The van der Waals surface area contributed by atoms with Gasteiger partial charge in [0.15, 0.2) is 0 Å². The van der Waals surface area contributed by atoms with Crippen LogP contribution in [0.3, 0.4) is 0 Å². The quantitative estimate of drug-likeness (QED) is 0.585. The van der Waals surface area contributed by atoms with E-state index < -0.39 is 33.3 Å². The van der Waals surface area contributed by atoms with E-state index in [4.69, 9.17) is 16.7 Å². The lowest BCUT2D eigenvalue weighted by molar-refractivity contribution is -0.125. The fourth-order valence-corrected chi connectivity index (χ4v) is 4.79. The topological polar surface area (TPSA) is 122 Å². The van der Waals surface area contributed by atoms with Crippen LogP contribution in [0.25, 0.3) is 0 Å². The third-order valence-corrected chi connectivity index (χ3v) is 6.83. The summed E-state index contributed by atoms with van der Waals surface area (Å²) in [6.07, 6.45) is 0. The summed E-state index contributed by atoms with van der Waals surface area (Å²) in [7, 11) is -2.62. The normalized spacial score (nSPS) is 15.8. The molecule has 1 aliphatic rings. The number of amides is 2. The molecule has 0 unspecified atom stereocenters. The number of halogens is 2. The van der Waals surface area contributed by atoms with Gasteiger partial charge < -0.3 is 10.6 Å². The van der Waals surface area contributed by atoms with E-state index in [2.05, 4.69) is 10.6 Å². The van der Waals surface area contributed by atoms with Crippen molar-refractivity contribution in [3.8, 4) is 0 Å². The van der Waals surface area contributed by atoms with Crippen LogP contribution < -0.4 is 15.8 Å². The van der Waals surface area contributed by atoms with Crippen molar-refractivity contribution in [2.75, 3.05) is 25.5 Å². The third-order valence-electron chi connectivity index (χ3n) is 5.57. The Kier molecular flexibility index (Phi) is 6.62. The highest BCUT2D eigenvalue weighted by Crippen LogP contribution is 2.41. The molecule has 172 valence electrons. The van der Waals surface area contributed by atoms with E-state index in [1.807, 2.05) is 26.0 Å². The predicted molar refractivity (Wildman–Crippen MR) is 120 cm³/mol. The Bertz CT molecular complexity index is 1180. The van der Waals surface area contributed by atoms with Crippen LogP contribution in [0.2, 0.25) is 5.02 Å². The van der Waals surface area contributed by atoms with Gasteiger partial charge in [0.05, 0.1) is 16.3 Å². The second-order valence-corrected chi connectivity index (χ2v) is 9.94. The van der Waals surface area contributed by atoms with Crippen LogP contribution in [0.4, 0.5) is 10.1 Å². The Labute approximate surface area is 191 Å². The zero-order valence-electron chi connectivity index (χ0n) is 17.8. The molecule has 2 amide bonds. The van der Waals surface area contributed by atoms with Crippen molar-refractivity contribution in [3.63, 3.8) is 0 Å². The Morgan fingerprint density at radius 2 is 1.84 bits per heavy atom. The van der Waals surface area contributed by atoms with Crippen LogP contribution in [-0.2, 0) is 20.4 Å². The van der Waals surface area contributed by atoms with Gasteiger partial charge >= 0.3 is 0 Å². The number of anilines is 1. The first-order chi connectivity index (χ1) is 14.9. The number of nitrogens with zero attached hydrogens (tertiary/aromatic N) is 1. The maximum Gasteiger partial charge on any atom is 0.276 e. The van der Waals surface area contributed by atoms with E-state index in [1.165, 1.54) is 7.05 Å². The molecule has 1 aliphatic heterocycles. The van der Waals surface area contributed by atoms with Gasteiger partial charge in [-0.15, -0.1) is 0 Å². The molecule has 0 aliphatic carbocycles. The maximum absolute atomic E-state index is 14.2. The molecule has 0 atom stereocenters. The molecular formula is C21H24ClFN4O4S. The van der Waals surface area contributed by atoms with Crippen molar-refractivity contribution in [1.29, 1.82) is 0 Å². The standard InChI is InChI=1S/C21H24ClFN4O4S/c1-12(2)13-6-4-5-7-15(13)21(10-27(11-21)32(24,30)31)20(29)26-18-9-17(23)16(22)8-14(18)19(28)25-3/h4-9,12H,10-11H2,1-3H3,(H,25,28)(H,26,29)(H2,24,30,31). The van der Waals surface area contributed by atoms with Crippen molar-refractivity contribution < 1.29 is 22.4 Å². The first kappa shape index (κ1) is 24.1. The van der Waals surface area contributed by atoms with Crippen LogP contribution in [0.1, 0.15) is 41.3 Å². The molecule has 8 nitrogen and oxygen atoms in total. The molecule has 1 heterocycles. The van der Waals surface area contributed by atoms with Crippen molar-refractivity contribution in [3.05, 3.63) is 63.9 Å². The summed E-state index contributed by atoms with van der Waals surface area (Å²) in [4.78, 5) is 25.8. The zero-order valence-corrected chi connectivity index (χ0v) is 19.3. The van der Waals surface area contributed by atoms with E-state index in [1.54, 1.807) is 12.1 Å². The van der Waals surface area contributed by atoms with Crippen LogP contribution in [0, 0.1) is 5.82 Å². The smallest absolute Gasteiger partial charge is 0.276 e. The number of rotatable bonds is 6. The number of hydrogen-bond acceptors (Lipinski definition) is 4. The molecule has 0 radical (unpaired) electrons. The molecule has 11 heteroatoms. The van der Waals surface area contributed by atoms with Crippen LogP contribution in [-0.4, -0.2) is 44.7 Å². The van der Waals surface area contributed by atoms with Gasteiger partial charge in [0.2, 0.25) is 5.91 Å². The SMILES string of the molecule is CNC(=O)c1cc(Cl)c(F)cc1NC(=O)C1(c2ccccc2C(C)C)CN(S(N)(=O)=O)C1. The average molecular weight is 483 g/mol. The monoisotopic (exact) mass is 482 g/mol. The first-order valence-electron chi connectivity index (χ1n) is 9.80. The highest BCUT2D eigenvalue weighted by atomic mass is 35.5. The molecule has 0 bridgehead atoms. The molecule has 4 N–H and O–H groups in total. The largest absolute Gasteiger partial charge is 0.355 e. The second kappa shape index (κ2) is 8.78. The summed E-state index contributed by atoms with van der Waals surface area (Å²) in [5, 5.41) is 10.0. The Balaban J connectivity index is 2.08. The Hall–Kier alpha value is -2.53. The van der Waals surface area contributed by atoms with Crippen molar-refractivity contribution in [2.24, 2.45) is 5.14 Å². The maximum atomic E-state index is 14.2. The van der Waals surface area contributed by atoms with E-state index in [9.17, 15) is 22.4 Å².